The molecule has 0 spiro atoms. The highest BCUT2D eigenvalue weighted by molar-refractivity contribution is 7.98. The molecule has 1 aromatic carbocycles. The molecule has 1 saturated heterocycles. The van der Waals surface area contributed by atoms with E-state index >= 15 is 0 Å². The first-order valence-corrected chi connectivity index (χ1v) is 10.7. The van der Waals surface area contributed by atoms with E-state index in [2.05, 4.69) is 17.4 Å². The number of aryl methyl sites for hydroxylation is 2. The highest BCUT2D eigenvalue weighted by atomic mass is 32.2. The highest BCUT2D eigenvalue weighted by Crippen LogP contribution is 2.30. The minimum absolute atomic E-state index is 0.152. The largest absolute Gasteiger partial charge is 0.361 e. The average molecular weight is 388 g/mol. The van der Waals surface area contributed by atoms with Crippen molar-refractivity contribution in [3.05, 3.63) is 46.8 Å². The Morgan fingerprint density at radius 2 is 2.04 bits per heavy atom. The van der Waals surface area contributed by atoms with Crippen molar-refractivity contribution in [3.63, 3.8) is 0 Å². The molecule has 2 aromatic rings. The molecule has 0 aliphatic carbocycles. The van der Waals surface area contributed by atoms with Gasteiger partial charge in [0, 0.05) is 29.3 Å². The van der Waals surface area contributed by atoms with E-state index in [1.807, 2.05) is 43.0 Å². The fourth-order valence-electron chi connectivity index (χ4n) is 3.49. The summed E-state index contributed by atoms with van der Waals surface area (Å²) in [4.78, 5) is 16.1. The van der Waals surface area contributed by atoms with Gasteiger partial charge < -0.3 is 14.7 Å². The lowest BCUT2D eigenvalue weighted by molar-refractivity contribution is 0.0687. The summed E-state index contributed by atoms with van der Waals surface area (Å²) in [6.45, 7) is 9.79. The fraction of sp³-hybridized carbons (Fsp3) is 0.524. The molecule has 1 aliphatic rings. The molecule has 0 radical (unpaired) electrons. The van der Waals surface area contributed by atoms with E-state index in [0.717, 1.165) is 72.3 Å². The van der Waals surface area contributed by atoms with Gasteiger partial charge in [0.25, 0.3) is 5.91 Å². The Balaban J connectivity index is 1.64. The SMILES string of the molecule is CCNCC1CCN(C(=O)c2ccccc2SCc2c(C)noc2C)CC1. The Bertz CT molecular complexity index is 747. The van der Waals surface area contributed by atoms with Crippen molar-refractivity contribution in [2.45, 2.75) is 44.3 Å². The van der Waals surface area contributed by atoms with Gasteiger partial charge in [-0.05, 0) is 57.8 Å². The van der Waals surface area contributed by atoms with Crippen molar-refractivity contribution in [1.82, 2.24) is 15.4 Å². The molecule has 1 amide bonds. The normalized spacial score (nSPS) is 15.3. The van der Waals surface area contributed by atoms with Gasteiger partial charge in [-0.1, -0.05) is 24.2 Å². The van der Waals surface area contributed by atoms with Crippen molar-refractivity contribution in [2.24, 2.45) is 5.92 Å². The number of benzene rings is 1. The lowest BCUT2D eigenvalue weighted by Gasteiger charge is -2.32. The number of piperidine rings is 1. The monoisotopic (exact) mass is 387 g/mol. The number of rotatable bonds is 7. The van der Waals surface area contributed by atoms with Crippen molar-refractivity contribution >= 4 is 17.7 Å². The van der Waals surface area contributed by atoms with Gasteiger partial charge in [0.15, 0.2) is 0 Å². The summed E-state index contributed by atoms with van der Waals surface area (Å²) in [7, 11) is 0. The number of hydrogen-bond acceptors (Lipinski definition) is 5. The van der Waals surface area contributed by atoms with Gasteiger partial charge in [-0.15, -0.1) is 11.8 Å². The number of hydrogen-bond donors (Lipinski definition) is 1. The molecule has 6 heteroatoms. The molecular weight excluding hydrogens is 358 g/mol. The van der Waals surface area contributed by atoms with Gasteiger partial charge in [0.2, 0.25) is 0 Å². The topological polar surface area (TPSA) is 58.4 Å². The third-order valence-electron chi connectivity index (χ3n) is 5.26. The Morgan fingerprint density at radius 3 is 2.70 bits per heavy atom. The predicted molar refractivity (Wildman–Crippen MR) is 109 cm³/mol. The Morgan fingerprint density at radius 1 is 1.30 bits per heavy atom. The quantitative estimate of drug-likeness (QED) is 0.727. The number of likely N-dealkylation sites (tertiary alicyclic amines) is 1. The molecular formula is C21H29N3O2S. The second kappa shape index (κ2) is 9.42. The van der Waals surface area contributed by atoms with E-state index in [0.29, 0.717) is 5.92 Å². The van der Waals surface area contributed by atoms with E-state index in [-0.39, 0.29) is 5.91 Å². The van der Waals surface area contributed by atoms with Crippen LogP contribution in [0.3, 0.4) is 0 Å². The van der Waals surface area contributed by atoms with Crippen LogP contribution >= 0.6 is 11.8 Å². The molecule has 146 valence electrons. The van der Waals surface area contributed by atoms with Crippen molar-refractivity contribution in [1.29, 1.82) is 0 Å². The van der Waals surface area contributed by atoms with Crippen molar-refractivity contribution in [3.8, 4) is 0 Å². The number of amides is 1. The van der Waals surface area contributed by atoms with Crippen LogP contribution in [0.25, 0.3) is 0 Å². The molecule has 5 nitrogen and oxygen atoms in total. The molecule has 1 aromatic heterocycles. The summed E-state index contributed by atoms with van der Waals surface area (Å²) in [6, 6.07) is 7.93. The number of thioether (sulfide) groups is 1. The van der Waals surface area contributed by atoms with Gasteiger partial charge in [0.1, 0.15) is 5.76 Å². The Kier molecular flexibility index (Phi) is 6.96. The number of nitrogens with zero attached hydrogens (tertiary/aromatic N) is 2. The van der Waals surface area contributed by atoms with Crippen LogP contribution in [0.4, 0.5) is 0 Å². The first kappa shape index (κ1) is 20.0. The molecule has 0 bridgehead atoms. The Hall–Kier alpha value is -1.79. The molecule has 1 fully saturated rings. The van der Waals surface area contributed by atoms with Gasteiger partial charge >= 0.3 is 0 Å². The number of nitrogens with one attached hydrogen (secondary N) is 1. The molecule has 27 heavy (non-hydrogen) atoms. The van der Waals surface area contributed by atoms with E-state index in [1.165, 1.54) is 0 Å². The van der Waals surface area contributed by atoms with E-state index in [1.54, 1.807) is 11.8 Å². The van der Waals surface area contributed by atoms with Crippen LogP contribution in [0.1, 0.15) is 47.1 Å². The maximum Gasteiger partial charge on any atom is 0.254 e. The van der Waals surface area contributed by atoms with Crippen LogP contribution in [-0.4, -0.2) is 42.1 Å². The minimum Gasteiger partial charge on any atom is -0.361 e. The third-order valence-corrected chi connectivity index (χ3v) is 6.36. The summed E-state index contributed by atoms with van der Waals surface area (Å²) < 4.78 is 5.25. The van der Waals surface area contributed by atoms with Gasteiger partial charge in [-0.2, -0.15) is 0 Å². The zero-order valence-electron chi connectivity index (χ0n) is 16.5. The Labute approximate surface area is 165 Å². The summed E-state index contributed by atoms with van der Waals surface area (Å²) in [6.07, 6.45) is 2.15. The summed E-state index contributed by atoms with van der Waals surface area (Å²) in [5, 5.41) is 7.44. The van der Waals surface area contributed by atoms with Crippen LogP contribution in [0, 0.1) is 19.8 Å². The molecule has 3 rings (SSSR count). The molecule has 0 atom stereocenters. The molecule has 2 heterocycles. The third kappa shape index (κ3) is 4.93. The molecule has 1 aliphatic heterocycles. The van der Waals surface area contributed by atoms with Crippen LogP contribution in [0.15, 0.2) is 33.7 Å². The second-order valence-corrected chi connectivity index (χ2v) is 8.15. The minimum atomic E-state index is 0.152. The average Bonchev–Trinajstić information content (AvgIpc) is 3.02. The first-order valence-electron chi connectivity index (χ1n) is 9.73. The van der Waals surface area contributed by atoms with Crippen LogP contribution < -0.4 is 5.32 Å². The first-order chi connectivity index (χ1) is 13.1. The van der Waals surface area contributed by atoms with E-state index < -0.39 is 0 Å². The second-order valence-electron chi connectivity index (χ2n) is 7.13. The lowest BCUT2D eigenvalue weighted by atomic mass is 9.96. The highest BCUT2D eigenvalue weighted by Gasteiger charge is 2.25. The predicted octanol–water partition coefficient (Wildman–Crippen LogP) is 4.05. The summed E-state index contributed by atoms with van der Waals surface area (Å²) in [5.41, 5.74) is 2.84. The number of aromatic nitrogens is 1. The van der Waals surface area contributed by atoms with Crippen LogP contribution in [0.5, 0.6) is 0 Å². The van der Waals surface area contributed by atoms with Crippen LogP contribution in [-0.2, 0) is 5.75 Å². The standard InChI is InChI=1S/C21H29N3O2S/c1-4-22-13-17-9-11-24(12-10-17)21(25)18-7-5-6-8-20(18)27-14-19-15(2)23-26-16(19)3/h5-8,17,22H,4,9-14H2,1-3H3. The zero-order valence-corrected chi connectivity index (χ0v) is 17.3. The van der Waals surface area contributed by atoms with E-state index in [9.17, 15) is 4.79 Å². The summed E-state index contributed by atoms with van der Waals surface area (Å²) in [5.74, 6) is 2.44. The van der Waals surface area contributed by atoms with Gasteiger partial charge in [-0.25, -0.2) is 0 Å². The van der Waals surface area contributed by atoms with Crippen molar-refractivity contribution in [2.75, 3.05) is 26.2 Å². The number of carbonyl (C=O) groups is 1. The fourth-order valence-corrected chi connectivity index (χ4v) is 4.68. The maximum atomic E-state index is 13.1. The van der Waals surface area contributed by atoms with Crippen molar-refractivity contribution < 1.29 is 9.32 Å². The van der Waals surface area contributed by atoms with Crippen LogP contribution in [0.2, 0.25) is 0 Å². The van der Waals surface area contributed by atoms with Gasteiger partial charge in [-0.3, -0.25) is 4.79 Å². The molecule has 0 unspecified atom stereocenters. The van der Waals surface area contributed by atoms with Gasteiger partial charge in [0.05, 0.1) is 11.3 Å². The molecule has 1 N–H and O–H groups in total. The maximum absolute atomic E-state index is 13.1. The summed E-state index contributed by atoms with van der Waals surface area (Å²) >= 11 is 1.68. The van der Waals surface area contributed by atoms with E-state index in [4.69, 9.17) is 4.52 Å². The number of carbonyl (C=O) groups excluding carboxylic acids is 1. The smallest absolute Gasteiger partial charge is 0.254 e. The molecule has 0 saturated carbocycles. The lowest BCUT2D eigenvalue weighted by Crippen LogP contribution is -2.40. The zero-order chi connectivity index (χ0) is 19.2.